The minimum absolute atomic E-state index is 0.153. The van der Waals surface area contributed by atoms with Crippen LogP contribution in [0.4, 0.5) is 18.9 Å². The Morgan fingerprint density at radius 2 is 1.83 bits per heavy atom. The molecule has 0 radical (unpaired) electrons. The SMILES string of the molecule is O=C(O)c1cc(C(F)(F)F)c(Cl)c([N+](=O)[O-])c1Cl. The van der Waals surface area contributed by atoms with E-state index in [0.29, 0.717) is 0 Å². The maximum atomic E-state index is 12.5. The molecule has 98 valence electrons. The number of aromatic carboxylic acids is 1. The van der Waals surface area contributed by atoms with Crippen LogP contribution in [0.15, 0.2) is 6.07 Å². The molecule has 0 unspecified atom stereocenters. The van der Waals surface area contributed by atoms with Crippen LogP contribution in [0, 0.1) is 10.1 Å². The topological polar surface area (TPSA) is 80.4 Å². The molecule has 0 aliphatic heterocycles. The monoisotopic (exact) mass is 303 g/mol. The lowest BCUT2D eigenvalue weighted by molar-refractivity contribution is -0.384. The number of nitrogens with zero attached hydrogens (tertiary/aromatic N) is 1. The molecule has 0 fully saturated rings. The maximum absolute atomic E-state index is 12.5. The van der Waals surface area contributed by atoms with Gasteiger partial charge in [-0.05, 0) is 6.07 Å². The molecule has 0 saturated carbocycles. The van der Waals surface area contributed by atoms with Crippen molar-refractivity contribution >= 4 is 34.9 Å². The van der Waals surface area contributed by atoms with Gasteiger partial charge in [-0.1, -0.05) is 23.2 Å². The number of carboxylic acid groups (broad SMARTS) is 1. The number of alkyl halides is 3. The minimum atomic E-state index is -5.03. The first kappa shape index (κ1) is 14.5. The van der Waals surface area contributed by atoms with Crippen LogP contribution < -0.4 is 0 Å². The standard InChI is InChI=1S/C8H2Cl2F3NO4/c9-4-2(7(15)16)1-3(8(11,12)13)5(10)6(4)14(17)18/h1H,(H,15,16). The van der Waals surface area contributed by atoms with E-state index in [0.717, 1.165) is 0 Å². The molecule has 0 saturated heterocycles. The number of nitro groups is 1. The van der Waals surface area contributed by atoms with Crippen LogP contribution in [0.25, 0.3) is 0 Å². The van der Waals surface area contributed by atoms with Crippen LogP contribution in [-0.2, 0) is 6.18 Å². The summed E-state index contributed by atoms with van der Waals surface area (Å²) in [6.07, 6.45) is -5.03. The van der Waals surface area contributed by atoms with Crippen molar-refractivity contribution in [2.24, 2.45) is 0 Å². The van der Waals surface area contributed by atoms with Crippen LogP contribution >= 0.6 is 23.2 Å². The first-order chi connectivity index (χ1) is 8.07. The molecule has 0 aliphatic rings. The van der Waals surface area contributed by atoms with Crippen molar-refractivity contribution in [2.45, 2.75) is 6.18 Å². The van der Waals surface area contributed by atoms with Gasteiger partial charge in [-0.2, -0.15) is 13.2 Å². The van der Waals surface area contributed by atoms with Gasteiger partial charge in [-0.15, -0.1) is 0 Å². The second-order valence-electron chi connectivity index (χ2n) is 3.01. The second kappa shape index (κ2) is 4.62. The fourth-order valence-corrected chi connectivity index (χ4v) is 1.82. The van der Waals surface area contributed by atoms with Gasteiger partial charge in [-0.25, -0.2) is 4.79 Å². The lowest BCUT2D eigenvalue weighted by atomic mass is 10.1. The van der Waals surface area contributed by atoms with Crippen molar-refractivity contribution in [3.05, 3.63) is 37.4 Å². The molecule has 1 rings (SSSR count). The Morgan fingerprint density at radius 1 is 1.33 bits per heavy atom. The molecule has 10 heteroatoms. The summed E-state index contributed by atoms with van der Waals surface area (Å²) < 4.78 is 37.6. The van der Waals surface area contributed by atoms with Gasteiger partial charge in [0.25, 0.3) is 0 Å². The second-order valence-corrected chi connectivity index (χ2v) is 3.76. The lowest BCUT2D eigenvalue weighted by Gasteiger charge is -2.11. The van der Waals surface area contributed by atoms with Gasteiger partial charge >= 0.3 is 17.8 Å². The van der Waals surface area contributed by atoms with E-state index >= 15 is 0 Å². The zero-order valence-electron chi connectivity index (χ0n) is 8.09. The summed E-state index contributed by atoms with van der Waals surface area (Å²) in [6, 6.07) is 0.153. The van der Waals surface area contributed by atoms with Gasteiger partial charge < -0.3 is 5.11 Å². The Kier molecular flexibility index (Phi) is 3.72. The third-order valence-electron chi connectivity index (χ3n) is 1.90. The number of carboxylic acids is 1. The molecule has 1 aromatic carbocycles. The normalized spacial score (nSPS) is 11.4. The van der Waals surface area contributed by atoms with Crippen LogP contribution in [0.5, 0.6) is 0 Å². The van der Waals surface area contributed by atoms with Gasteiger partial charge in [0.15, 0.2) is 0 Å². The molecule has 1 aromatic rings. The van der Waals surface area contributed by atoms with E-state index in [1.54, 1.807) is 0 Å². The summed E-state index contributed by atoms with van der Waals surface area (Å²) in [7, 11) is 0. The molecule has 0 heterocycles. The number of nitro benzene ring substituents is 1. The Bertz CT molecular complexity index is 544. The smallest absolute Gasteiger partial charge is 0.418 e. The molecule has 0 spiro atoms. The third kappa shape index (κ3) is 2.49. The first-order valence-corrected chi connectivity index (χ1v) is 4.79. The fourth-order valence-electron chi connectivity index (χ4n) is 1.14. The quantitative estimate of drug-likeness (QED) is 0.668. The van der Waals surface area contributed by atoms with Crippen molar-refractivity contribution in [3.8, 4) is 0 Å². The minimum Gasteiger partial charge on any atom is -0.478 e. The number of benzene rings is 1. The Labute approximate surface area is 107 Å². The van der Waals surface area contributed by atoms with Gasteiger partial charge in [0, 0.05) is 0 Å². The summed E-state index contributed by atoms with van der Waals surface area (Å²) in [5.41, 5.74) is -3.96. The van der Waals surface area contributed by atoms with E-state index in [2.05, 4.69) is 0 Å². The predicted molar refractivity (Wildman–Crippen MR) is 55.1 cm³/mol. The fraction of sp³-hybridized carbons (Fsp3) is 0.125. The maximum Gasteiger partial charge on any atom is 0.418 e. The summed E-state index contributed by atoms with van der Waals surface area (Å²) >= 11 is 10.6. The Morgan fingerprint density at radius 3 is 2.17 bits per heavy atom. The van der Waals surface area contributed by atoms with Crippen molar-refractivity contribution < 1.29 is 28.0 Å². The van der Waals surface area contributed by atoms with E-state index in [9.17, 15) is 28.1 Å². The highest BCUT2D eigenvalue weighted by Crippen LogP contribution is 2.44. The highest BCUT2D eigenvalue weighted by atomic mass is 35.5. The molecule has 0 aromatic heterocycles. The number of carbonyl (C=O) groups is 1. The molecule has 1 N–H and O–H groups in total. The Hall–Kier alpha value is -1.54. The number of hydrogen-bond donors (Lipinski definition) is 1. The van der Waals surface area contributed by atoms with Crippen LogP contribution in [-0.4, -0.2) is 16.0 Å². The largest absolute Gasteiger partial charge is 0.478 e. The van der Waals surface area contributed by atoms with Crippen molar-refractivity contribution in [1.29, 1.82) is 0 Å². The molecule has 0 atom stereocenters. The van der Waals surface area contributed by atoms with Gasteiger partial charge in [0.1, 0.15) is 10.0 Å². The average Bonchev–Trinajstić information content (AvgIpc) is 2.13. The summed E-state index contributed by atoms with van der Waals surface area (Å²) in [5.74, 6) is -1.83. The highest BCUT2D eigenvalue weighted by Gasteiger charge is 2.39. The van der Waals surface area contributed by atoms with Crippen molar-refractivity contribution in [1.82, 2.24) is 0 Å². The van der Waals surface area contributed by atoms with Crippen LogP contribution in [0.2, 0.25) is 10.0 Å². The number of hydrogen-bond acceptors (Lipinski definition) is 3. The molecule has 0 amide bonds. The highest BCUT2D eigenvalue weighted by molar-refractivity contribution is 6.40. The first-order valence-electron chi connectivity index (χ1n) is 4.04. The van der Waals surface area contributed by atoms with E-state index in [1.807, 2.05) is 0 Å². The van der Waals surface area contributed by atoms with E-state index < -0.39 is 43.9 Å². The van der Waals surface area contributed by atoms with E-state index in [4.69, 9.17) is 28.3 Å². The van der Waals surface area contributed by atoms with E-state index in [1.165, 1.54) is 0 Å². The van der Waals surface area contributed by atoms with Crippen molar-refractivity contribution in [2.75, 3.05) is 0 Å². The number of halogens is 5. The van der Waals surface area contributed by atoms with Crippen molar-refractivity contribution in [3.63, 3.8) is 0 Å². The van der Waals surface area contributed by atoms with E-state index in [-0.39, 0.29) is 6.07 Å². The zero-order chi connectivity index (χ0) is 14.2. The zero-order valence-corrected chi connectivity index (χ0v) is 9.60. The van der Waals surface area contributed by atoms with Gasteiger partial charge in [0.2, 0.25) is 0 Å². The molecule has 18 heavy (non-hydrogen) atoms. The van der Waals surface area contributed by atoms with Crippen LogP contribution in [0.1, 0.15) is 15.9 Å². The van der Waals surface area contributed by atoms with Gasteiger partial charge in [0.05, 0.1) is 16.1 Å². The van der Waals surface area contributed by atoms with Crippen LogP contribution in [0.3, 0.4) is 0 Å². The summed E-state index contributed by atoms with van der Waals surface area (Å²) in [6.45, 7) is 0. The Balaban J connectivity index is 3.78. The molecular formula is C8H2Cl2F3NO4. The third-order valence-corrected chi connectivity index (χ3v) is 2.66. The summed E-state index contributed by atoms with van der Waals surface area (Å²) in [4.78, 5) is 20.0. The molecule has 0 bridgehead atoms. The molecule has 5 nitrogen and oxygen atoms in total. The molecule has 0 aliphatic carbocycles. The predicted octanol–water partition coefficient (Wildman–Crippen LogP) is 3.62. The molecular weight excluding hydrogens is 302 g/mol. The number of rotatable bonds is 2. The average molecular weight is 304 g/mol. The van der Waals surface area contributed by atoms with Gasteiger partial charge in [-0.3, -0.25) is 10.1 Å². The lowest BCUT2D eigenvalue weighted by Crippen LogP contribution is -2.11. The summed E-state index contributed by atoms with van der Waals surface area (Å²) in [5, 5.41) is 17.0.